The highest BCUT2D eigenvalue weighted by molar-refractivity contribution is 6.31. The molecule has 1 N–H and O–H groups in total. The highest BCUT2D eigenvalue weighted by Gasteiger charge is 2.10. The summed E-state index contributed by atoms with van der Waals surface area (Å²) in [5, 5.41) is 8.93. The van der Waals surface area contributed by atoms with Crippen LogP contribution in [0.1, 0.15) is 16.7 Å². The topological polar surface area (TPSA) is 20.2 Å². The van der Waals surface area contributed by atoms with Gasteiger partial charge in [-0.3, -0.25) is 0 Å². The molecule has 3 heteroatoms. The van der Waals surface area contributed by atoms with Crippen LogP contribution in [0.2, 0.25) is 5.02 Å². The molecule has 1 aromatic carbocycles. The van der Waals surface area contributed by atoms with Crippen molar-refractivity contribution in [1.29, 1.82) is 0 Å². The van der Waals surface area contributed by atoms with Crippen LogP contribution < -0.4 is 0 Å². The van der Waals surface area contributed by atoms with Crippen molar-refractivity contribution < 1.29 is 9.50 Å². The number of aliphatic hydroxyl groups excluding tert-OH is 1. The van der Waals surface area contributed by atoms with Crippen molar-refractivity contribution >= 4 is 11.6 Å². The molecule has 0 aliphatic heterocycles. The van der Waals surface area contributed by atoms with E-state index in [1.54, 1.807) is 6.92 Å². The summed E-state index contributed by atoms with van der Waals surface area (Å²) in [6.45, 7) is 3.38. The second kappa shape index (κ2) is 3.42. The summed E-state index contributed by atoms with van der Waals surface area (Å²) >= 11 is 5.64. The molecule has 0 bridgehead atoms. The lowest BCUT2D eigenvalue weighted by Gasteiger charge is -2.08. The summed E-state index contributed by atoms with van der Waals surface area (Å²) in [6.07, 6.45) is 0. The Labute approximate surface area is 75.8 Å². The summed E-state index contributed by atoms with van der Waals surface area (Å²) < 4.78 is 13.0. The summed E-state index contributed by atoms with van der Waals surface area (Å²) in [5.74, 6) is -0.469. The van der Waals surface area contributed by atoms with Gasteiger partial charge in [0.25, 0.3) is 0 Å². The van der Waals surface area contributed by atoms with Crippen LogP contribution in [-0.4, -0.2) is 5.11 Å². The van der Waals surface area contributed by atoms with Crippen molar-refractivity contribution in [2.24, 2.45) is 0 Å². The van der Waals surface area contributed by atoms with Gasteiger partial charge in [0.05, 0.1) is 11.6 Å². The van der Waals surface area contributed by atoms with Gasteiger partial charge >= 0.3 is 0 Å². The Bertz CT molecular complexity index is 284. The molecule has 1 aromatic rings. The Morgan fingerprint density at radius 3 is 2.58 bits per heavy atom. The van der Waals surface area contributed by atoms with Crippen molar-refractivity contribution in [2.75, 3.05) is 0 Å². The molecule has 0 amide bonds. The fourth-order valence-corrected chi connectivity index (χ4v) is 1.35. The van der Waals surface area contributed by atoms with Crippen LogP contribution in [0.4, 0.5) is 4.39 Å². The van der Waals surface area contributed by atoms with Gasteiger partial charge in [-0.1, -0.05) is 11.6 Å². The van der Waals surface area contributed by atoms with Crippen molar-refractivity contribution in [3.63, 3.8) is 0 Å². The minimum Gasteiger partial charge on any atom is -0.392 e. The smallest absolute Gasteiger partial charge is 0.142 e. The van der Waals surface area contributed by atoms with Crippen LogP contribution in [0, 0.1) is 19.7 Å². The van der Waals surface area contributed by atoms with Crippen LogP contribution in [0.25, 0.3) is 0 Å². The van der Waals surface area contributed by atoms with E-state index in [9.17, 15) is 4.39 Å². The van der Waals surface area contributed by atoms with E-state index in [0.717, 1.165) is 11.1 Å². The van der Waals surface area contributed by atoms with Crippen LogP contribution in [0.3, 0.4) is 0 Å². The van der Waals surface area contributed by atoms with E-state index in [1.165, 1.54) is 6.07 Å². The average molecular weight is 189 g/mol. The van der Waals surface area contributed by atoms with Crippen LogP contribution in [-0.2, 0) is 6.61 Å². The molecule has 0 spiro atoms. The zero-order valence-corrected chi connectivity index (χ0v) is 7.74. The maximum Gasteiger partial charge on any atom is 0.142 e. The highest BCUT2D eigenvalue weighted by Crippen LogP contribution is 2.25. The number of halogens is 2. The summed E-state index contributed by atoms with van der Waals surface area (Å²) in [4.78, 5) is 0. The molecular formula is C9H10ClFO. The van der Waals surface area contributed by atoms with E-state index in [-0.39, 0.29) is 11.6 Å². The Morgan fingerprint density at radius 2 is 2.08 bits per heavy atom. The number of hydrogen-bond acceptors (Lipinski definition) is 1. The molecule has 0 radical (unpaired) electrons. The van der Waals surface area contributed by atoms with Crippen LogP contribution in [0.15, 0.2) is 6.07 Å². The van der Waals surface area contributed by atoms with Gasteiger partial charge in [0.2, 0.25) is 0 Å². The minimum atomic E-state index is -0.469. The third kappa shape index (κ3) is 1.45. The first-order chi connectivity index (χ1) is 5.57. The third-order valence-corrected chi connectivity index (χ3v) is 2.43. The molecule has 0 saturated heterocycles. The summed E-state index contributed by atoms with van der Waals surface area (Å²) in [5.41, 5.74) is 2.14. The molecule has 0 aliphatic carbocycles. The van der Waals surface area contributed by atoms with E-state index < -0.39 is 5.82 Å². The predicted octanol–water partition coefficient (Wildman–Crippen LogP) is 2.59. The van der Waals surface area contributed by atoms with Gasteiger partial charge in [-0.15, -0.1) is 0 Å². The van der Waals surface area contributed by atoms with Gasteiger partial charge in [0, 0.05) is 5.56 Å². The van der Waals surface area contributed by atoms with Crippen molar-refractivity contribution in [2.45, 2.75) is 20.5 Å². The fraction of sp³-hybridized carbons (Fsp3) is 0.333. The molecule has 0 unspecified atom stereocenters. The fourth-order valence-electron chi connectivity index (χ4n) is 1.10. The number of rotatable bonds is 1. The van der Waals surface area contributed by atoms with E-state index in [1.807, 2.05) is 6.92 Å². The Balaban J connectivity index is 3.42. The van der Waals surface area contributed by atoms with Gasteiger partial charge in [0.15, 0.2) is 0 Å². The lowest BCUT2D eigenvalue weighted by molar-refractivity contribution is 0.280. The summed E-state index contributed by atoms with van der Waals surface area (Å²) in [6, 6.07) is 1.37. The average Bonchev–Trinajstić information content (AvgIpc) is 2.02. The largest absolute Gasteiger partial charge is 0.392 e. The number of benzene rings is 1. The van der Waals surface area contributed by atoms with Gasteiger partial charge < -0.3 is 5.11 Å². The molecule has 1 nitrogen and oxygen atoms in total. The Hall–Kier alpha value is -0.600. The molecule has 0 saturated carbocycles. The van der Waals surface area contributed by atoms with Gasteiger partial charge in [-0.2, -0.15) is 0 Å². The SMILES string of the molecule is Cc1cc(F)c(Cl)c(CO)c1C. The molecule has 0 heterocycles. The van der Waals surface area contributed by atoms with Crippen LogP contribution >= 0.6 is 11.6 Å². The number of aryl methyl sites for hydroxylation is 1. The first kappa shape index (κ1) is 9.49. The van der Waals surface area contributed by atoms with E-state index in [0.29, 0.717) is 5.56 Å². The predicted molar refractivity (Wildman–Crippen MR) is 46.8 cm³/mol. The van der Waals surface area contributed by atoms with E-state index >= 15 is 0 Å². The van der Waals surface area contributed by atoms with Crippen molar-refractivity contribution in [3.05, 3.63) is 33.6 Å². The molecule has 12 heavy (non-hydrogen) atoms. The second-order valence-corrected chi connectivity index (χ2v) is 3.13. The zero-order chi connectivity index (χ0) is 9.30. The maximum atomic E-state index is 13.0. The van der Waals surface area contributed by atoms with Crippen molar-refractivity contribution in [1.82, 2.24) is 0 Å². The van der Waals surface area contributed by atoms with Crippen molar-refractivity contribution in [3.8, 4) is 0 Å². The Morgan fingerprint density at radius 1 is 1.50 bits per heavy atom. The van der Waals surface area contributed by atoms with Gasteiger partial charge in [-0.25, -0.2) is 4.39 Å². The Kier molecular flexibility index (Phi) is 2.70. The quantitative estimate of drug-likeness (QED) is 0.718. The molecule has 0 aromatic heterocycles. The third-order valence-electron chi connectivity index (χ3n) is 2.02. The molecule has 0 aliphatic rings. The molecule has 66 valence electrons. The second-order valence-electron chi connectivity index (χ2n) is 2.75. The van der Waals surface area contributed by atoms with E-state index in [2.05, 4.69) is 0 Å². The van der Waals surface area contributed by atoms with Gasteiger partial charge in [-0.05, 0) is 31.0 Å². The zero-order valence-electron chi connectivity index (χ0n) is 6.99. The standard InChI is InChI=1S/C9H10ClFO/c1-5-3-8(11)9(10)7(4-12)6(5)2/h3,12H,4H2,1-2H3. The summed E-state index contributed by atoms with van der Waals surface area (Å²) in [7, 11) is 0. The normalized spacial score (nSPS) is 10.4. The van der Waals surface area contributed by atoms with E-state index in [4.69, 9.17) is 16.7 Å². The number of hydrogen-bond donors (Lipinski definition) is 1. The molecule has 0 atom stereocenters. The lowest BCUT2D eigenvalue weighted by Crippen LogP contribution is -1.96. The highest BCUT2D eigenvalue weighted by atomic mass is 35.5. The van der Waals surface area contributed by atoms with Crippen LogP contribution in [0.5, 0.6) is 0 Å². The molecular weight excluding hydrogens is 179 g/mol. The first-order valence-corrected chi connectivity index (χ1v) is 4.00. The molecule has 1 rings (SSSR count). The first-order valence-electron chi connectivity index (χ1n) is 3.63. The van der Waals surface area contributed by atoms with Gasteiger partial charge in [0.1, 0.15) is 5.82 Å². The maximum absolute atomic E-state index is 13.0. The minimum absolute atomic E-state index is 0.0283. The molecule has 0 fully saturated rings. The monoisotopic (exact) mass is 188 g/mol. The number of aliphatic hydroxyl groups is 1. The lowest BCUT2D eigenvalue weighted by atomic mass is 10.0.